The highest BCUT2D eigenvalue weighted by atomic mass is 32.2. The Morgan fingerprint density at radius 1 is 1.05 bits per heavy atom. The molecule has 0 aliphatic carbocycles. The van der Waals surface area contributed by atoms with Crippen LogP contribution in [0.1, 0.15) is 6.92 Å². The van der Waals surface area contributed by atoms with Crippen LogP contribution in [0.5, 0.6) is 11.5 Å². The quantitative estimate of drug-likeness (QED) is 0.234. The molecule has 2 aromatic carbocycles. The van der Waals surface area contributed by atoms with Crippen molar-refractivity contribution in [1.29, 1.82) is 0 Å². The number of imide groups is 1. The Balaban J connectivity index is 1.37. The molecule has 0 saturated carbocycles. The summed E-state index contributed by atoms with van der Waals surface area (Å²) in [4.78, 5) is 39.9. The first-order valence-corrected chi connectivity index (χ1v) is 14.3. The van der Waals surface area contributed by atoms with Gasteiger partial charge in [0.25, 0.3) is 0 Å². The van der Waals surface area contributed by atoms with Gasteiger partial charge in [-0.05, 0) is 49.4 Å². The van der Waals surface area contributed by atoms with Crippen LogP contribution in [0.15, 0.2) is 67.0 Å². The Kier molecular flexibility index (Phi) is 7.43. The van der Waals surface area contributed by atoms with E-state index in [0.29, 0.717) is 5.52 Å². The first kappa shape index (κ1) is 28.4. The molecule has 15 heteroatoms. The summed E-state index contributed by atoms with van der Waals surface area (Å²) in [5, 5.41) is 6.53. The Morgan fingerprint density at radius 3 is 2.45 bits per heavy atom. The van der Waals surface area contributed by atoms with Gasteiger partial charge in [-0.25, -0.2) is 31.1 Å². The average molecular weight is 598 g/mol. The highest BCUT2D eigenvalue weighted by Crippen LogP contribution is 2.32. The summed E-state index contributed by atoms with van der Waals surface area (Å²) in [5.74, 6) is -4.70. The molecule has 1 unspecified atom stereocenters. The third kappa shape index (κ3) is 5.81. The van der Waals surface area contributed by atoms with Crippen LogP contribution in [0.4, 0.5) is 30.6 Å². The number of fused-ring (bicyclic) bond motifs is 1. The normalized spacial score (nSPS) is 15.5. The minimum Gasteiger partial charge on any atom is -0.452 e. The number of nitrogens with one attached hydrogen (secondary N) is 2. The number of amides is 4. The number of benzene rings is 2. The molecule has 0 fully saturated rings. The molecule has 216 valence electrons. The summed E-state index contributed by atoms with van der Waals surface area (Å²) in [6.45, 7) is 1.81. The maximum absolute atomic E-state index is 15.1. The molecule has 1 atom stereocenters. The summed E-state index contributed by atoms with van der Waals surface area (Å²) in [7, 11) is -3.61. The fourth-order valence-corrected chi connectivity index (χ4v) is 4.81. The predicted molar refractivity (Wildman–Crippen MR) is 148 cm³/mol. The number of hydrogen-bond acceptors (Lipinski definition) is 7. The number of anilines is 3. The zero-order valence-corrected chi connectivity index (χ0v) is 22.9. The topological polar surface area (TPSA) is 142 Å². The second kappa shape index (κ2) is 11.0. The lowest BCUT2D eigenvalue weighted by Crippen LogP contribution is -2.54. The summed E-state index contributed by atoms with van der Waals surface area (Å²) < 4.78 is 62.4. The van der Waals surface area contributed by atoms with E-state index in [9.17, 15) is 27.2 Å². The van der Waals surface area contributed by atoms with Crippen molar-refractivity contribution in [3.63, 3.8) is 0 Å². The number of hydrogen-bond donors (Lipinski definition) is 2. The Bertz CT molecular complexity index is 1870. The molecular weight excluding hydrogens is 574 g/mol. The molecule has 5 rings (SSSR count). The molecule has 1 aliphatic heterocycles. The van der Waals surface area contributed by atoms with Crippen LogP contribution >= 0.6 is 0 Å². The van der Waals surface area contributed by atoms with Crippen LogP contribution in [-0.4, -0.2) is 59.5 Å². The van der Waals surface area contributed by atoms with E-state index in [2.05, 4.69) is 15.1 Å². The first-order valence-electron chi connectivity index (χ1n) is 12.4. The number of rotatable bonds is 8. The van der Waals surface area contributed by atoms with Crippen LogP contribution in [-0.2, 0) is 19.6 Å². The van der Waals surface area contributed by atoms with Crippen molar-refractivity contribution in [1.82, 2.24) is 9.61 Å². The smallest absolute Gasteiger partial charge is 0.452 e. The molecule has 4 amide bonds. The molecule has 2 aromatic heterocycles. The van der Waals surface area contributed by atoms with Gasteiger partial charge in [0, 0.05) is 17.8 Å². The number of sulfonamides is 1. The summed E-state index contributed by atoms with van der Waals surface area (Å²) in [6.07, 6.45) is 5.04. The van der Waals surface area contributed by atoms with Crippen molar-refractivity contribution in [2.75, 3.05) is 27.7 Å². The lowest BCUT2D eigenvalue weighted by molar-refractivity contribution is -0.419. The fraction of sp³-hybridized carbons (Fsp3) is 0.148. The molecule has 4 aromatic rings. The van der Waals surface area contributed by atoms with Crippen molar-refractivity contribution in [2.24, 2.45) is 5.92 Å². The van der Waals surface area contributed by atoms with Gasteiger partial charge in [0.1, 0.15) is 17.0 Å². The van der Waals surface area contributed by atoms with Crippen LogP contribution in [0, 0.1) is 17.6 Å². The van der Waals surface area contributed by atoms with Gasteiger partial charge in [-0.2, -0.15) is 9.89 Å². The second-order valence-electron chi connectivity index (χ2n) is 9.21. The maximum Gasteiger partial charge on any atom is 0.505 e. The molecule has 0 bridgehead atoms. The van der Waals surface area contributed by atoms with E-state index < -0.39 is 45.4 Å². The second-order valence-corrected chi connectivity index (χ2v) is 11.0. The number of carbonyl (C=O) groups is 3. The minimum atomic E-state index is -3.61. The molecule has 2 N–H and O–H groups in total. The van der Waals surface area contributed by atoms with Crippen LogP contribution in [0.25, 0.3) is 5.52 Å². The molecule has 0 spiro atoms. The van der Waals surface area contributed by atoms with E-state index in [1.54, 1.807) is 13.0 Å². The Hall–Kier alpha value is -5.18. The number of halogens is 2. The van der Waals surface area contributed by atoms with Crippen molar-refractivity contribution in [3.05, 3.63) is 78.6 Å². The lowest BCUT2D eigenvalue weighted by Gasteiger charge is -2.22. The minimum absolute atomic E-state index is 0.00123. The van der Waals surface area contributed by atoms with Gasteiger partial charge in [0.2, 0.25) is 15.9 Å². The zero-order valence-electron chi connectivity index (χ0n) is 22.1. The van der Waals surface area contributed by atoms with Gasteiger partial charge in [-0.1, -0.05) is 0 Å². The van der Waals surface area contributed by atoms with Gasteiger partial charge in [-0.3, -0.25) is 9.52 Å². The highest BCUT2D eigenvalue weighted by molar-refractivity contribution is 7.92. The van der Waals surface area contributed by atoms with Gasteiger partial charge < -0.3 is 10.1 Å². The van der Waals surface area contributed by atoms with Crippen molar-refractivity contribution in [2.45, 2.75) is 6.92 Å². The highest BCUT2D eigenvalue weighted by Gasteiger charge is 2.47. The predicted octanol–water partition coefficient (Wildman–Crippen LogP) is 3.60. The van der Waals surface area contributed by atoms with Crippen molar-refractivity contribution >= 4 is 56.7 Å². The fourth-order valence-electron chi connectivity index (χ4n) is 4.27. The number of ether oxygens (including phenoxy) is 1. The van der Waals surface area contributed by atoms with E-state index in [4.69, 9.17) is 4.74 Å². The third-order valence-corrected chi connectivity index (χ3v) is 6.76. The van der Waals surface area contributed by atoms with E-state index in [1.165, 1.54) is 58.0 Å². The average Bonchev–Trinajstić information content (AvgIpc) is 3.39. The van der Waals surface area contributed by atoms with Gasteiger partial charge >= 0.3 is 11.9 Å². The third-order valence-electron chi connectivity index (χ3n) is 6.15. The standard InChI is InChI=1S/C27H22F2N6O6S/c1-3-33-15-20(26(37)35(27(33)38)19-7-4-16(28)5-8-19)25(36)31-17-6-9-23(21(29)12-17)41-24-13-18(32-42(2,39)40)14-34-22(24)10-11-30-34/h4-15,20,32H,3H2,1-2H3/p+1. The maximum atomic E-state index is 15.1. The Morgan fingerprint density at radius 2 is 1.79 bits per heavy atom. The largest absolute Gasteiger partial charge is 0.505 e. The summed E-state index contributed by atoms with van der Waals surface area (Å²) >= 11 is 0. The van der Waals surface area contributed by atoms with Crippen LogP contribution in [0.3, 0.4) is 0 Å². The van der Waals surface area contributed by atoms with E-state index >= 15 is 4.39 Å². The molecule has 42 heavy (non-hydrogen) atoms. The van der Waals surface area contributed by atoms with Crippen LogP contribution < -0.4 is 19.7 Å². The van der Waals surface area contributed by atoms with Crippen molar-refractivity contribution in [3.8, 4) is 11.5 Å². The zero-order chi connectivity index (χ0) is 30.2. The molecular formula is C27H23F2N6O6S+. The SMILES string of the molecule is CC[N+]1=CC(C(=O)Nc2ccc(Oc3cc(NS(C)(=O)=O)cn4nccc34)c(F)c2)C(=O)N(c2ccc(F)cc2)C1=O. The number of urea groups is 1. The number of nitrogens with zero attached hydrogens (tertiary/aromatic N) is 4. The molecule has 3 heterocycles. The van der Waals surface area contributed by atoms with Gasteiger partial charge in [0.05, 0.1) is 37.1 Å². The molecule has 12 nitrogen and oxygen atoms in total. The number of aromatic nitrogens is 2. The van der Waals surface area contributed by atoms with Gasteiger partial charge in [0.15, 0.2) is 23.2 Å². The molecule has 0 saturated heterocycles. The van der Waals surface area contributed by atoms with E-state index in [1.807, 2.05) is 0 Å². The number of carbonyl (C=O) groups excluding carboxylic acids is 3. The molecule has 1 aliphatic rings. The molecule has 0 radical (unpaired) electrons. The summed E-state index contributed by atoms with van der Waals surface area (Å²) in [5.41, 5.74) is 0.654. The van der Waals surface area contributed by atoms with Crippen LogP contribution in [0.2, 0.25) is 0 Å². The lowest BCUT2D eigenvalue weighted by atomic mass is 10.1. The number of pyridine rings is 1. The first-order chi connectivity index (χ1) is 19.9. The Labute approximate surface area is 237 Å². The van der Waals surface area contributed by atoms with Gasteiger partial charge in [-0.15, -0.1) is 4.90 Å². The monoisotopic (exact) mass is 597 g/mol. The summed E-state index contributed by atoms with van der Waals surface area (Å²) in [6, 6.07) is 10.5. The van der Waals surface area contributed by atoms with Crippen molar-refractivity contribution < 1.29 is 40.9 Å². The van der Waals surface area contributed by atoms with E-state index in [-0.39, 0.29) is 35.1 Å². The van der Waals surface area contributed by atoms with E-state index in [0.717, 1.165) is 29.4 Å².